The molecule has 4 aromatic rings. The number of nitrogens with zero attached hydrogens (tertiary/aromatic N) is 6. The number of benzene rings is 1. The lowest BCUT2D eigenvalue weighted by molar-refractivity contribution is -0.132. The summed E-state index contributed by atoms with van der Waals surface area (Å²) < 4.78 is 9.52. The Morgan fingerprint density at radius 3 is 2.77 bits per heavy atom. The monoisotopic (exact) mass is 473 g/mol. The van der Waals surface area contributed by atoms with Gasteiger partial charge in [-0.3, -0.25) is 19.4 Å². The minimum atomic E-state index is -0.289. The van der Waals surface area contributed by atoms with E-state index in [1.54, 1.807) is 22.6 Å². The number of aryl methyl sites for hydroxylation is 2. The van der Waals surface area contributed by atoms with Gasteiger partial charge in [-0.25, -0.2) is 14.8 Å². The summed E-state index contributed by atoms with van der Waals surface area (Å²) in [5.74, 6) is 1.64. The second kappa shape index (κ2) is 8.86. The number of hydrogen-bond acceptors (Lipinski definition) is 6. The van der Waals surface area contributed by atoms with Crippen LogP contribution in [0.4, 0.5) is 10.6 Å². The third-order valence-corrected chi connectivity index (χ3v) is 6.36. The van der Waals surface area contributed by atoms with E-state index in [0.29, 0.717) is 30.4 Å². The third kappa shape index (κ3) is 4.23. The number of nitrogens with one attached hydrogen (secondary N) is 1. The van der Waals surface area contributed by atoms with E-state index in [1.165, 1.54) is 6.33 Å². The first-order valence-corrected chi connectivity index (χ1v) is 11.6. The van der Waals surface area contributed by atoms with Gasteiger partial charge >= 0.3 is 6.03 Å². The smallest absolute Gasteiger partial charge is 0.331 e. The molecule has 4 heterocycles. The van der Waals surface area contributed by atoms with Crippen LogP contribution in [0.5, 0.6) is 11.6 Å². The van der Waals surface area contributed by atoms with Gasteiger partial charge in [0.25, 0.3) is 0 Å². The molecule has 0 bridgehead atoms. The Morgan fingerprint density at radius 2 is 2.03 bits per heavy atom. The van der Waals surface area contributed by atoms with Gasteiger partial charge < -0.3 is 9.64 Å². The number of ether oxygens (including phenoxy) is 1. The van der Waals surface area contributed by atoms with Gasteiger partial charge in [0, 0.05) is 48.4 Å². The molecule has 0 saturated carbocycles. The van der Waals surface area contributed by atoms with E-state index in [1.807, 2.05) is 55.8 Å². The number of hydrogen-bond donors (Lipinski definition) is 1. The van der Waals surface area contributed by atoms with Crippen LogP contribution in [0.1, 0.15) is 37.7 Å². The molecule has 2 amide bonds. The van der Waals surface area contributed by atoms with E-state index < -0.39 is 0 Å². The van der Waals surface area contributed by atoms with E-state index in [2.05, 4.69) is 20.4 Å². The molecule has 0 fully saturated rings. The van der Waals surface area contributed by atoms with Gasteiger partial charge in [-0.1, -0.05) is 0 Å². The first-order valence-electron chi connectivity index (χ1n) is 11.6. The summed E-state index contributed by atoms with van der Waals surface area (Å²) >= 11 is 0. The standard InChI is InChI=1S/C25H27N7O3/c1-5-32-16(3)11-23(29-32)28-25(34)30-9-8-18-12-19(6-7-22(18)30)35-24-20-10-15(2)31(17(4)33)13-21(20)26-14-27-24/h6-9,11-12,14-15H,5,10,13H2,1-4H3,(H,28,29,34). The van der Waals surface area contributed by atoms with Crippen LogP contribution in [0.2, 0.25) is 0 Å². The molecule has 0 spiro atoms. The molecule has 0 saturated heterocycles. The van der Waals surface area contributed by atoms with Crippen molar-refractivity contribution in [3.63, 3.8) is 0 Å². The Morgan fingerprint density at radius 1 is 1.20 bits per heavy atom. The Balaban J connectivity index is 1.37. The molecular weight excluding hydrogens is 446 g/mol. The zero-order valence-electron chi connectivity index (χ0n) is 20.1. The minimum absolute atomic E-state index is 0.0251. The highest BCUT2D eigenvalue weighted by atomic mass is 16.5. The van der Waals surface area contributed by atoms with Crippen LogP contribution < -0.4 is 10.1 Å². The largest absolute Gasteiger partial charge is 0.439 e. The van der Waals surface area contributed by atoms with E-state index in [-0.39, 0.29) is 18.0 Å². The SMILES string of the molecule is CCn1nc(NC(=O)n2ccc3cc(Oc4ncnc5c4CC(C)N(C(C)=O)C5)ccc32)cc1C. The Kier molecular flexibility index (Phi) is 5.72. The normalized spacial score (nSPS) is 15.2. The third-order valence-electron chi connectivity index (χ3n) is 6.36. The predicted octanol–water partition coefficient (Wildman–Crippen LogP) is 4.12. The van der Waals surface area contributed by atoms with Crippen molar-refractivity contribution < 1.29 is 14.3 Å². The van der Waals surface area contributed by atoms with Gasteiger partial charge in [-0.15, -0.1) is 0 Å². The molecule has 1 N–H and O–H groups in total. The number of carbonyl (C=O) groups is 2. The highest BCUT2D eigenvalue weighted by molar-refractivity contribution is 5.98. The number of rotatable bonds is 4. The summed E-state index contributed by atoms with van der Waals surface area (Å²) in [5, 5.41) is 8.10. The summed E-state index contributed by atoms with van der Waals surface area (Å²) in [6, 6.07) is 8.98. The molecule has 1 aliphatic rings. The lowest BCUT2D eigenvalue weighted by atomic mass is 9.99. The van der Waals surface area contributed by atoms with Gasteiger partial charge in [0.05, 0.1) is 17.8 Å². The van der Waals surface area contributed by atoms with E-state index in [0.717, 1.165) is 34.4 Å². The van der Waals surface area contributed by atoms with Crippen LogP contribution >= 0.6 is 0 Å². The van der Waals surface area contributed by atoms with Crippen molar-refractivity contribution in [1.29, 1.82) is 0 Å². The lowest BCUT2D eigenvalue weighted by Gasteiger charge is -2.33. The van der Waals surface area contributed by atoms with E-state index in [9.17, 15) is 9.59 Å². The predicted molar refractivity (Wildman–Crippen MR) is 130 cm³/mol. The molecular formula is C25H27N7O3. The Bertz CT molecular complexity index is 1440. The van der Waals surface area contributed by atoms with Crippen LogP contribution in [0, 0.1) is 6.92 Å². The van der Waals surface area contributed by atoms with Crippen LogP contribution in [0.25, 0.3) is 10.9 Å². The quantitative estimate of drug-likeness (QED) is 0.478. The van der Waals surface area contributed by atoms with Gasteiger partial charge in [0.2, 0.25) is 11.8 Å². The van der Waals surface area contributed by atoms with Crippen LogP contribution in [-0.4, -0.2) is 47.2 Å². The van der Waals surface area contributed by atoms with Crippen molar-refractivity contribution in [2.24, 2.45) is 0 Å². The highest BCUT2D eigenvalue weighted by Crippen LogP contribution is 2.32. The van der Waals surface area contributed by atoms with Crippen molar-refractivity contribution in [2.45, 2.75) is 53.2 Å². The zero-order chi connectivity index (χ0) is 24.7. The van der Waals surface area contributed by atoms with Gasteiger partial charge in [0.1, 0.15) is 12.1 Å². The van der Waals surface area contributed by atoms with Crippen molar-refractivity contribution >= 4 is 28.7 Å². The molecule has 10 nitrogen and oxygen atoms in total. The first kappa shape index (κ1) is 22.6. The topological polar surface area (TPSA) is 107 Å². The summed E-state index contributed by atoms with van der Waals surface area (Å²) in [6.07, 6.45) is 3.80. The van der Waals surface area contributed by atoms with Crippen LogP contribution in [0.3, 0.4) is 0 Å². The van der Waals surface area contributed by atoms with Gasteiger partial charge in [-0.05, 0) is 51.5 Å². The summed E-state index contributed by atoms with van der Waals surface area (Å²) in [4.78, 5) is 35.3. The summed E-state index contributed by atoms with van der Waals surface area (Å²) in [7, 11) is 0. The second-order valence-electron chi connectivity index (χ2n) is 8.73. The number of amides is 2. The average Bonchev–Trinajstić information content (AvgIpc) is 3.41. The Hall–Kier alpha value is -4.21. The minimum Gasteiger partial charge on any atom is -0.439 e. The molecule has 0 aliphatic carbocycles. The van der Waals surface area contributed by atoms with Crippen molar-refractivity contribution in [2.75, 3.05) is 5.32 Å². The number of aromatic nitrogens is 5. The zero-order valence-corrected chi connectivity index (χ0v) is 20.1. The first-order chi connectivity index (χ1) is 16.8. The van der Waals surface area contributed by atoms with Crippen LogP contribution in [0.15, 0.2) is 42.9 Å². The summed E-state index contributed by atoms with van der Waals surface area (Å²) in [6.45, 7) is 8.71. The molecule has 180 valence electrons. The second-order valence-corrected chi connectivity index (χ2v) is 8.73. The van der Waals surface area contributed by atoms with Gasteiger partial charge in [0.15, 0.2) is 5.82 Å². The maximum atomic E-state index is 12.9. The Labute approximate surface area is 202 Å². The molecule has 1 unspecified atom stereocenters. The van der Waals surface area contributed by atoms with Crippen molar-refractivity contribution in [3.05, 3.63) is 59.8 Å². The van der Waals surface area contributed by atoms with Gasteiger partial charge in [-0.2, -0.15) is 5.10 Å². The molecule has 35 heavy (non-hydrogen) atoms. The fourth-order valence-corrected chi connectivity index (χ4v) is 4.54. The maximum absolute atomic E-state index is 12.9. The van der Waals surface area contributed by atoms with Crippen molar-refractivity contribution in [1.82, 2.24) is 29.2 Å². The molecule has 1 atom stereocenters. The molecule has 10 heteroatoms. The number of fused-ring (bicyclic) bond motifs is 2. The number of anilines is 1. The molecule has 0 radical (unpaired) electrons. The fourth-order valence-electron chi connectivity index (χ4n) is 4.54. The number of carbonyl (C=O) groups excluding carboxylic acids is 2. The summed E-state index contributed by atoms with van der Waals surface area (Å²) in [5.41, 5.74) is 3.44. The fraction of sp³-hybridized carbons (Fsp3) is 0.320. The molecule has 3 aromatic heterocycles. The lowest BCUT2D eigenvalue weighted by Crippen LogP contribution is -2.41. The average molecular weight is 474 g/mol. The van der Waals surface area contributed by atoms with Crippen LogP contribution in [-0.2, 0) is 24.3 Å². The van der Waals surface area contributed by atoms with E-state index >= 15 is 0 Å². The molecule has 1 aliphatic heterocycles. The van der Waals surface area contributed by atoms with Crippen molar-refractivity contribution in [3.8, 4) is 11.6 Å². The molecule has 1 aromatic carbocycles. The highest BCUT2D eigenvalue weighted by Gasteiger charge is 2.28. The van der Waals surface area contributed by atoms with E-state index in [4.69, 9.17) is 4.74 Å². The maximum Gasteiger partial charge on any atom is 0.331 e. The molecule has 5 rings (SSSR count).